The van der Waals surface area contributed by atoms with Gasteiger partial charge < -0.3 is 9.63 Å². The Kier molecular flexibility index (Phi) is 3.52. The molecule has 1 N–H and O–H groups in total. The van der Waals surface area contributed by atoms with Crippen molar-refractivity contribution in [1.29, 1.82) is 0 Å². The molecule has 0 bridgehead atoms. The highest BCUT2D eigenvalue weighted by molar-refractivity contribution is 5.70. The summed E-state index contributed by atoms with van der Waals surface area (Å²) in [6, 6.07) is 11.7. The van der Waals surface area contributed by atoms with Crippen molar-refractivity contribution in [3.8, 4) is 11.3 Å². The number of carboxylic acids is 1. The molecule has 1 unspecified atom stereocenters. The summed E-state index contributed by atoms with van der Waals surface area (Å²) < 4.78 is 5.34. The molecular formula is C15H16N2O3. The fourth-order valence-electron chi connectivity index (χ4n) is 2.53. The summed E-state index contributed by atoms with van der Waals surface area (Å²) in [5.41, 5.74) is 1.84. The molecular weight excluding hydrogens is 256 g/mol. The molecule has 5 nitrogen and oxygen atoms in total. The van der Waals surface area contributed by atoms with Gasteiger partial charge in [-0.15, -0.1) is 0 Å². The number of hydrogen-bond acceptors (Lipinski definition) is 4. The van der Waals surface area contributed by atoms with Crippen LogP contribution in [0.5, 0.6) is 0 Å². The van der Waals surface area contributed by atoms with Crippen molar-refractivity contribution >= 4 is 5.97 Å². The van der Waals surface area contributed by atoms with Gasteiger partial charge in [0, 0.05) is 24.7 Å². The van der Waals surface area contributed by atoms with Crippen LogP contribution in [0.4, 0.5) is 0 Å². The van der Waals surface area contributed by atoms with Gasteiger partial charge in [0.05, 0.1) is 11.6 Å². The number of carboxylic acid groups (broad SMARTS) is 1. The first-order chi connectivity index (χ1) is 9.72. The van der Waals surface area contributed by atoms with E-state index in [0.717, 1.165) is 23.6 Å². The lowest BCUT2D eigenvalue weighted by Crippen LogP contribution is -2.22. The molecule has 0 radical (unpaired) electrons. The highest BCUT2D eigenvalue weighted by Crippen LogP contribution is 2.22. The van der Waals surface area contributed by atoms with Crippen molar-refractivity contribution in [3.05, 3.63) is 42.1 Å². The molecule has 2 aromatic rings. The SMILES string of the molecule is O=C(O)C1CCN(Cc2cc(-c3ccccc3)on2)C1. The smallest absolute Gasteiger partial charge is 0.307 e. The number of nitrogens with zero attached hydrogens (tertiary/aromatic N) is 2. The summed E-state index contributed by atoms with van der Waals surface area (Å²) in [7, 11) is 0. The molecule has 1 aliphatic rings. The number of carbonyl (C=O) groups is 1. The monoisotopic (exact) mass is 272 g/mol. The van der Waals surface area contributed by atoms with Gasteiger partial charge in [0.15, 0.2) is 5.76 Å². The van der Waals surface area contributed by atoms with Gasteiger partial charge in [-0.1, -0.05) is 35.5 Å². The van der Waals surface area contributed by atoms with Gasteiger partial charge in [0.25, 0.3) is 0 Å². The normalized spacial score (nSPS) is 19.3. The molecule has 104 valence electrons. The third-order valence-electron chi connectivity index (χ3n) is 3.62. The number of likely N-dealkylation sites (tertiary alicyclic amines) is 1. The van der Waals surface area contributed by atoms with Crippen molar-refractivity contribution in [2.24, 2.45) is 5.92 Å². The summed E-state index contributed by atoms with van der Waals surface area (Å²) in [6.07, 6.45) is 0.707. The number of rotatable bonds is 4. The van der Waals surface area contributed by atoms with Crippen LogP contribution < -0.4 is 0 Å². The van der Waals surface area contributed by atoms with Crippen molar-refractivity contribution in [2.45, 2.75) is 13.0 Å². The molecule has 0 amide bonds. The molecule has 0 spiro atoms. The fraction of sp³-hybridized carbons (Fsp3) is 0.333. The number of hydrogen-bond donors (Lipinski definition) is 1. The molecule has 3 rings (SSSR count). The van der Waals surface area contributed by atoms with Crippen LogP contribution in [0.3, 0.4) is 0 Å². The molecule has 5 heteroatoms. The molecule has 1 saturated heterocycles. The third kappa shape index (κ3) is 2.72. The van der Waals surface area contributed by atoms with Crippen LogP contribution in [-0.4, -0.2) is 34.2 Å². The Labute approximate surface area is 116 Å². The van der Waals surface area contributed by atoms with Gasteiger partial charge in [-0.25, -0.2) is 0 Å². The summed E-state index contributed by atoms with van der Waals surface area (Å²) in [4.78, 5) is 13.0. The Balaban J connectivity index is 1.65. The van der Waals surface area contributed by atoms with Gasteiger partial charge in [0.2, 0.25) is 0 Å². The Hall–Kier alpha value is -2.14. The molecule has 1 aromatic carbocycles. The van der Waals surface area contributed by atoms with Gasteiger partial charge in [-0.3, -0.25) is 9.69 Å². The molecule has 0 aliphatic carbocycles. The first-order valence-electron chi connectivity index (χ1n) is 6.68. The number of aliphatic carboxylic acids is 1. The van der Waals surface area contributed by atoms with E-state index in [4.69, 9.17) is 9.63 Å². The zero-order chi connectivity index (χ0) is 13.9. The van der Waals surface area contributed by atoms with Crippen LogP contribution in [-0.2, 0) is 11.3 Å². The first kappa shape index (κ1) is 12.9. The average Bonchev–Trinajstić information content (AvgIpc) is 3.10. The van der Waals surface area contributed by atoms with E-state index in [1.807, 2.05) is 36.4 Å². The second-order valence-electron chi connectivity index (χ2n) is 5.11. The predicted molar refractivity (Wildman–Crippen MR) is 73.0 cm³/mol. The second kappa shape index (κ2) is 5.46. The van der Waals surface area contributed by atoms with Crippen molar-refractivity contribution in [1.82, 2.24) is 10.1 Å². The molecule has 20 heavy (non-hydrogen) atoms. The standard InChI is InChI=1S/C15H16N2O3/c18-15(19)12-6-7-17(9-12)10-13-8-14(20-16-13)11-4-2-1-3-5-11/h1-5,8,12H,6-7,9-10H2,(H,18,19). The van der Waals surface area contributed by atoms with E-state index >= 15 is 0 Å². The Bertz CT molecular complexity index is 594. The van der Waals surface area contributed by atoms with E-state index in [-0.39, 0.29) is 5.92 Å². The minimum absolute atomic E-state index is 0.254. The van der Waals surface area contributed by atoms with Crippen LogP contribution in [0.15, 0.2) is 40.9 Å². The Morgan fingerprint density at radius 1 is 1.40 bits per heavy atom. The van der Waals surface area contributed by atoms with Crippen molar-refractivity contribution in [2.75, 3.05) is 13.1 Å². The van der Waals surface area contributed by atoms with E-state index < -0.39 is 5.97 Å². The Morgan fingerprint density at radius 2 is 2.20 bits per heavy atom. The predicted octanol–water partition coefficient (Wildman–Crippen LogP) is 2.25. The largest absolute Gasteiger partial charge is 0.481 e. The van der Waals surface area contributed by atoms with Gasteiger partial charge in [-0.2, -0.15) is 0 Å². The zero-order valence-corrected chi connectivity index (χ0v) is 11.0. The fourth-order valence-corrected chi connectivity index (χ4v) is 2.53. The molecule has 1 aliphatic heterocycles. The van der Waals surface area contributed by atoms with E-state index in [0.29, 0.717) is 19.5 Å². The quantitative estimate of drug-likeness (QED) is 0.924. The maximum atomic E-state index is 10.9. The summed E-state index contributed by atoms with van der Waals surface area (Å²) >= 11 is 0. The van der Waals surface area contributed by atoms with E-state index in [1.165, 1.54) is 0 Å². The van der Waals surface area contributed by atoms with Gasteiger partial charge >= 0.3 is 5.97 Å². The van der Waals surface area contributed by atoms with Crippen LogP contribution in [0.25, 0.3) is 11.3 Å². The van der Waals surface area contributed by atoms with Crippen molar-refractivity contribution in [3.63, 3.8) is 0 Å². The Morgan fingerprint density at radius 3 is 2.90 bits per heavy atom. The minimum Gasteiger partial charge on any atom is -0.481 e. The lowest BCUT2D eigenvalue weighted by molar-refractivity contribution is -0.141. The third-order valence-corrected chi connectivity index (χ3v) is 3.62. The number of aromatic nitrogens is 1. The van der Waals surface area contributed by atoms with Crippen LogP contribution in [0, 0.1) is 5.92 Å². The summed E-state index contributed by atoms with van der Waals surface area (Å²) in [6.45, 7) is 2.02. The first-order valence-corrected chi connectivity index (χ1v) is 6.68. The lowest BCUT2D eigenvalue weighted by atomic mass is 10.1. The van der Waals surface area contributed by atoms with Crippen LogP contribution in [0.1, 0.15) is 12.1 Å². The highest BCUT2D eigenvalue weighted by Gasteiger charge is 2.28. The van der Waals surface area contributed by atoms with E-state index in [2.05, 4.69) is 10.1 Å². The molecule has 2 heterocycles. The van der Waals surface area contributed by atoms with E-state index in [1.54, 1.807) is 0 Å². The molecule has 0 saturated carbocycles. The van der Waals surface area contributed by atoms with Crippen molar-refractivity contribution < 1.29 is 14.4 Å². The van der Waals surface area contributed by atoms with Gasteiger partial charge in [-0.05, 0) is 13.0 Å². The van der Waals surface area contributed by atoms with E-state index in [9.17, 15) is 4.79 Å². The van der Waals surface area contributed by atoms with Crippen LogP contribution >= 0.6 is 0 Å². The number of benzene rings is 1. The average molecular weight is 272 g/mol. The topological polar surface area (TPSA) is 66.6 Å². The lowest BCUT2D eigenvalue weighted by Gasteiger charge is -2.12. The van der Waals surface area contributed by atoms with Gasteiger partial charge in [0.1, 0.15) is 0 Å². The maximum absolute atomic E-state index is 10.9. The molecule has 1 fully saturated rings. The van der Waals surface area contributed by atoms with Crippen LogP contribution in [0.2, 0.25) is 0 Å². The minimum atomic E-state index is -0.711. The summed E-state index contributed by atoms with van der Waals surface area (Å²) in [5.74, 6) is -0.220. The molecule has 1 aromatic heterocycles. The summed E-state index contributed by atoms with van der Waals surface area (Å²) in [5, 5.41) is 13.1. The second-order valence-corrected chi connectivity index (χ2v) is 5.11. The molecule has 1 atom stereocenters. The zero-order valence-electron chi connectivity index (χ0n) is 11.0. The maximum Gasteiger partial charge on any atom is 0.307 e. The highest BCUT2D eigenvalue weighted by atomic mass is 16.5.